The molecule has 1 aliphatic carbocycles. The summed E-state index contributed by atoms with van der Waals surface area (Å²) < 4.78 is 0. The van der Waals surface area contributed by atoms with E-state index in [1.54, 1.807) is 0 Å². The molecule has 110 valence electrons. The molecule has 1 saturated carbocycles. The molecule has 2 amide bonds. The van der Waals surface area contributed by atoms with Crippen molar-refractivity contribution in [3.8, 4) is 0 Å². The van der Waals surface area contributed by atoms with Crippen molar-refractivity contribution in [1.29, 1.82) is 0 Å². The van der Waals surface area contributed by atoms with Crippen molar-refractivity contribution in [3.63, 3.8) is 0 Å². The predicted molar refractivity (Wildman–Crippen MR) is 74.1 cm³/mol. The monoisotopic (exact) mass is 270 g/mol. The van der Waals surface area contributed by atoms with Crippen LogP contribution in [0.3, 0.4) is 0 Å². The van der Waals surface area contributed by atoms with E-state index in [0.29, 0.717) is 24.9 Å². The third-order valence-electron chi connectivity index (χ3n) is 3.87. The molecule has 19 heavy (non-hydrogen) atoms. The minimum absolute atomic E-state index is 0.0833. The minimum atomic E-state index is -0.745. The van der Waals surface area contributed by atoms with Crippen LogP contribution in [0.1, 0.15) is 58.3 Å². The van der Waals surface area contributed by atoms with Gasteiger partial charge in [0, 0.05) is 19.0 Å². The molecule has 0 aromatic rings. The van der Waals surface area contributed by atoms with Crippen LogP contribution in [-0.2, 0) is 4.79 Å². The van der Waals surface area contributed by atoms with Gasteiger partial charge in [-0.3, -0.25) is 4.79 Å². The number of aliphatic carboxylic acids is 1. The molecule has 0 heterocycles. The lowest BCUT2D eigenvalue weighted by Gasteiger charge is -2.16. The Morgan fingerprint density at radius 3 is 2.53 bits per heavy atom. The number of carbonyl (C=O) groups is 2. The van der Waals surface area contributed by atoms with Gasteiger partial charge in [0.25, 0.3) is 0 Å². The van der Waals surface area contributed by atoms with E-state index in [-0.39, 0.29) is 12.5 Å². The predicted octanol–water partition coefficient (Wildman–Crippen LogP) is 2.51. The van der Waals surface area contributed by atoms with Gasteiger partial charge in [0.15, 0.2) is 0 Å². The fourth-order valence-electron chi connectivity index (χ4n) is 2.58. The molecule has 1 fully saturated rings. The first-order chi connectivity index (χ1) is 9.11. The molecule has 5 nitrogen and oxygen atoms in total. The summed E-state index contributed by atoms with van der Waals surface area (Å²) in [5.41, 5.74) is 0. The normalized spacial score (nSPS) is 17.1. The van der Waals surface area contributed by atoms with E-state index in [2.05, 4.69) is 17.6 Å². The zero-order chi connectivity index (χ0) is 14.1. The highest BCUT2D eigenvalue weighted by Crippen LogP contribution is 2.17. The quantitative estimate of drug-likeness (QED) is 0.634. The van der Waals surface area contributed by atoms with Gasteiger partial charge in [0.05, 0.1) is 0 Å². The first-order valence-corrected chi connectivity index (χ1v) is 7.38. The molecule has 0 aromatic heterocycles. The zero-order valence-corrected chi connectivity index (χ0v) is 11.8. The molecule has 3 N–H and O–H groups in total. The molecule has 1 unspecified atom stereocenters. The van der Waals surface area contributed by atoms with Crippen LogP contribution >= 0.6 is 0 Å². The third kappa shape index (κ3) is 7.03. The number of urea groups is 1. The number of nitrogens with one attached hydrogen (secondary N) is 2. The first kappa shape index (κ1) is 15.8. The van der Waals surface area contributed by atoms with E-state index in [9.17, 15) is 9.59 Å². The zero-order valence-electron chi connectivity index (χ0n) is 11.8. The van der Waals surface area contributed by atoms with Crippen LogP contribution in [0.25, 0.3) is 0 Å². The van der Waals surface area contributed by atoms with Crippen LogP contribution in [0.15, 0.2) is 0 Å². The number of carbonyl (C=O) groups excluding carboxylic acids is 1. The Kier molecular flexibility index (Phi) is 7.30. The molecule has 0 aliphatic heterocycles. The fourth-order valence-corrected chi connectivity index (χ4v) is 2.58. The first-order valence-electron chi connectivity index (χ1n) is 7.38. The van der Waals surface area contributed by atoms with Gasteiger partial charge in [-0.25, -0.2) is 4.79 Å². The Bertz CT molecular complexity index is 288. The second-order valence-corrected chi connectivity index (χ2v) is 5.38. The van der Waals surface area contributed by atoms with E-state index in [0.717, 1.165) is 25.7 Å². The van der Waals surface area contributed by atoms with Gasteiger partial charge in [-0.2, -0.15) is 0 Å². The Morgan fingerprint density at radius 2 is 1.95 bits per heavy atom. The molecule has 0 saturated heterocycles. The lowest BCUT2D eigenvalue weighted by Crippen LogP contribution is -2.41. The van der Waals surface area contributed by atoms with Crippen molar-refractivity contribution >= 4 is 12.0 Å². The maximum atomic E-state index is 11.6. The Morgan fingerprint density at radius 1 is 1.26 bits per heavy atom. The molecule has 1 rings (SSSR count). The summed E-state index contributed by atoms with van der Waals surface area (Å²) in [7, 11) is 0. The Hall–Kier alpha value is -1.26. The molecule has 0 bridgehead atoms. The van der Waals surface area contributed by atoms with Crippen LogP contribution in [-0.4, -0.2) is 29.7 Å². The van der Waals surface area contributed by atoms with Crippen molar-refractivity contribution in [1.82, 2.24) is 10.6 Å². The summed E-state index contributed by atoms with van der Waals surface area (Å²) in [5, 5.41) is 14.5. The van der Waals surface area contributed by atoms with Gasteiger partial charge in [0.1, 0.15) is 0 Å². The largest absolute Gasteiger partial charge is 0.481 e. The minimum Gasteiger partial charge on any atom is -0.481 e. The molecule has 1 atom stereocenters. The summed E-state index contributed by atoms with van der Waals surface area (Å²) in [6.07, 6.45) is 7.30. The van der Waals surface area contributed by atoms with Crippen LogP contribution in [0.5, 0.6) is 0 Å². The number of amides is 2. The lowest BCUT2D eigenvalue weighted by molar-refractivity contribution is -0.137. The van der Waals surface area contributed by atoms with E-state index >= 15 is 0 Å². The highest BCUT2D eigenvalue weighted by atomic mass is 16.4. The third-order valence-corrected chi connectivity index (χ3v) is 3.87. The summed E-state index contributed by atoms with van der Waals surface area (Å²) >= 11 is 0. The standard InChI is InChI=1S/C14H26N2O3/c1-2-11(7-8-13(17)18)9-10-15-14(19)16-12-5-3-4-6-12/h11-12H,2-10H2,1H3,(H,17,18)(H2,15,16,19). The summed E-state index contributed by atoms with van der Waals surface area (Å²) in [5.74, 6) is -0.367. The van der Waals surface area contributed by atoms with Gasteiger partial charge in [-0.1, -0.05) is 26.2 Å². The average molecular weight is 270 g/mol. The Labute approximate surface area is 115 Å². The van der Waals surface area contributed by atoms with E-state index in [1.165, 1.54) is 12.8 Å². The highest BCUT2D eigenvalue weighted by molar-refractivity contribution is 5.74. The maximum Gasteiger partial charge on any atom is 0.315 e. The second-order valence-electron chi connectivity index (χ2n) is 5.38. The number of carboxylic acids is 1. The van der Waals surface area contributed by atoms with Crippen molar-refractivity contribution in [2.75, 3.05) is 6.54 Å². The summed E-state index contributed by atoms with van der Waals surface area (Å²) in [6, 6.07) is 0.258. The van der Waals surface area contributed by atoms with Crippen molar-refractivity contribution in [3.05, 3.63) is 0 Å². The molecule has 0 radical (unpaired) electrons. The smallest absolute Gasteiger partial charge is 0.315 e. The van der Waals surface area contributed by atoms with Crippen LogP contribution < -0.4 is 10.6 Å². The number of hydrogen-bond donors (Lipinski definition) is 3. The Balaban J connectivity index is 2.09. The average Bonchev–Trinajstić information content (AvgIpc) is 2.86. The van der Waals surface area contributed by atoms with Gasteiger partial charge in [0.2, 0.25) is 0 Å². The fraction of sp³-hybridized carbons (Fsp3) is 0.857. The van der Waals surface area contributed by atoms with Crippen molar-refractivity contribution < 1.29 is 14.7 Å². The van der Waals surface area contributed by atoms with Crippen LogP contribution in [0.2, 0.25) is 0 Å². The summed E-state index contributed by atoms with van der Waals surface area (Å²) in [6.45, 7) is 2.68. The van der Waals surface area contributed by atoms with Gasteiger partial charge in [-0.05, 0) is 31.6 Å². The topological polar surface area (TPSA) is 78.4 Å². The highest BCUT2D eigenvalue weighted by Gasteiger charge is 2.17. The van der Waals surface area contributed by atoms with Crippen LogP contribution in [0.4, 0.5) is 4.79 Å². The molecule has 0 aromatic carbocycles. The van der Waals surface area contributed by atoms with Crippen molar-refractivity contribution in [2.24, 2.45) is 5.92 Å². The maximum absolute atomic E-state index is 11.6. The van der Waals surface area contributed by atoms with Gasteiger partial charge >= 0.3 is 12.0 Å². The van der Waals surface area contributed by atoms with Crippen LogP contribution in [0, 0.1) is 5.92 Å². The molecular formula is C14H26N2O3. The second kappa shape index (κ2) is 8.77. The van der Waals surface area contributed by atoms with E-state index in [4.69, 9.17) is 5.11 Å². The summed E-state index contributed by atoms with van der Waals surface area (Å²) in [4.78, 5) is 22.1. The molecule has 5 heteroatoms. The number of hydrogen-bond acceptors (Lipinski definition) is 2. The SMILES string of the molecule is CCC(CCNC(=O)NC1CCCC1)CCC(=O)O. The van der Waals surface area contributed by atoms with Gasteiger partial charge in [-0.15, -0.1) is 0 Å². The number of rotatable bonds is 8. The lowest BCUT2D eigenvalue weighted by atomic mass is 9.97. The van der Waals surface area contributed by atoms with Crippen molar-refractivity contribution in [2.45, 2.75) is 64.3 Å². The molecule has 0 spiro atoms. The van der Waals surface area contributed by atoms with Gasteiger partial charge < -0.3 is 15.7 Å². The van der Waals surface area contributed by atoms with E-state index in [1.807, 2.05) is 0 Å². The number of carboxylic acid groups (broad SMARTS) is 1. The molecule has 1 aliphatic rings. The van der Waals surface area contributed by atoms with E-state index < -0.39 is 5.97 Å². The molecular weight excluding hydrogens is 244 g/mol.